The zero-order valence-electron chi connectivity index (χ0n) is 12.2. The Morgan fingerprint density at radius 3 is 2.86 bits per heavy atom. The zero-order valence-corrected chi connectivity index (χ0v) is 13.0. The summed E-state index contributed by atoms with van der Waals surface area (Å²) in [5, 5.41) is 9.48. The third-order valence-corrected chi connectivity index (χ3v) is 5.24. The van der Waals surface area contributed by atoms with Crippen LogP contribution in [0.2, 0.25) is 0 Å². The van der Waals surface area contributed by atoms with Crippen LogP contribution >= 0.6 is 11.3 Å². The van der Waals surface area contributed by atoms with Crippen molar-refractivity contribution in [3.8, 4) is 11.4 Å². The molecule has 3 aromatic rings. The lowest BCUT2D eigenvalue weighted by atomic mass is 9.95. The standard InChI is InChI=1S/C15H17N5S/c1-8-7-9(2)20-14(18-19-15(20)17-8)12-10-5-3-4-6-11(10)21-13(12)16/h7H,3-6,16H2,1-2H3. The molecule has 0 radical (unpaired) electrons. The summed E-state index contributed by atoms with van der Waals surface area (Å²) in [6.45, 7) is 4.03. The van der Waals surface area contributed by atoms with E-state index in [0.717, 1.165) is 40.6 Å². The molecule has 1 aliphatic carbocycles. The highest BCUT2D eigenvalue weighted by Crippen LogP contribution is 2.41. The first-order chi connectivity index (χ1) is 10.1. The van der Waals surface area contributed by atoms with Crippen molar-refractivity contribution in [1.29, 1.82) is 0 Å². The maximum atomic E-state index is 6.30. The summed E-state index contributed by atoms with van der Waals surface area (Å²) >= 11 is 1.71. The van der Waals surface area contributed by atoms with Gasteiger partial charge in [-0.1, -0.05) is 0 Å². The number of anilines is 1. The molecule has 2 N–H and O–H groups in total. The largest absolute Gasteiger partial charge is 0.390 e. The Hall–Kier alpha value is -1.95. The van der Waals surface area contributed by atoms with E-state index in [1.54, 1.807) is 11.3 Å². The lowest BCUT2D eigenvalue weighted by Crippen LogP contribution is -2.03. The van der Waals surface area contributed by atoms with Crippen LogP contribution in [0, 0.1) is 13.8 Å². The van der Waals surface area contributed by atoms with Crippen molar-refractivity contribution in [3.63, 3.8) is 0 Å². The predicted molar refractivity (Wildman–Crippen MR) is 84.6 cm³/mol. The Labute approximate surface area is 126 Å². The number of nitrogens with zero attached hydrogens (tertiary/aromatic N) is 4. The molecule has 5 nitrogen and oxygen atoms in total. The third kappa shape index (κ3) is 1.86. The second kappa shape index (κ2) is 4.53. The molecule has 0 unspecified atom stereocenters. The van der Waals surface area contributed by atoms with Gasteiger partial charge in [-0.15, -0.1) is 21.5 Å². The van der Waals surface area contributed by atoms with Crippen molar-refractivity contribution < 1.29 is 0 Å². The maximum absolute atomic E-state index is 6.30. The van der Waals surface area contributed by atoms with Gasteiger partial charge in [-0.25, -0.2) is 4.98 Å². The SMILES string of the molecule is Cc1cc(C)n2c(-c3c(N)sc4c3CCCC4)nnc2n1. The highest BCUT2D eigenvalue weighted by atomic mass is 32.1. The van der Waals surface area contributed by atoms with E-state index in [1.165, 1.54) is 23.3 Å². The number of aromatic nitrogens is 4. The fourth-order valence-corrected chi connectivity index (χ4v) is 4.38. The van der Waals surface area contributed by atoms with E-state index in [2.05, 4.69) is 28.2 Å². The van der Waals surface area contributed by atoms with Crippen molar-refractivity contribution in [3.05, 3.63) is 27.9 Å². The zero-order chi connectivity index (χ0) is 14.6. The normalized spacial score (nSPS) is 14.6. The minimum atomic E-state index is 0.651. The summed E-state index contributed by atoms with van der Waals surface area (Å²) < 4.78 is 2.01. The van der Waals surface area contributed by atoms with E-state index < -0.39 is 0 Å². The van der Waals surface area contributed by atoms with Crippen LogP contribution < -0.4 is 5.73 Å². The van der Waals surface area contributed by atoms with Crippen LogP contribution in [-0.2, 0) is 12.8 Å². The maximum Gasteiger partial charge on any atom is 0.255 e. The molecular weight excluding hydrogens is 282 g/mol. The first kappa shape index (κ1) is 12.8. The summed E-state index contributed by atoms with van der Waals surface area (Å²) in [5.74, 6) is 1.49. The minimum absolute atomic E-state index is 0.651. The van der Waals surface area contributed by atoms with Gasteiger partial charge in [0, 0.05) is 16.3 Å². The molecule has 0 aromatic carbocycles. The Bertz CT molecular complexity index is 845. The quantitative estimate of drug-likeness (QED) is 0.750. The first-order valence-corrected chi connectivity index (χ1v) is 8.06. The van der Waals surface area contributed by atoms with Crippen LogP contribution in [0.25, 0.3) is 17.2 Å². The second-order valence-electron chi connectivity index (χ2n) is 5.65. The molecule has 0 saturated carbocycles. The lowest BCUT2D eigenvalue weighted by molar-refractivity contribution is 0.697. The van der Waals surface area contributed by atoms with Crippen LogP contribution in [0.15, 0.2) is 6.07 Å². The predicted octanol–water partition coefficient (Wildman–Crippen LogP) is 2.93. The minimum Gasteiger partial charge on any atom is -0.390 e. The van der Waals surface area contributed by atoms with Crippen LogP contribution in [0.4, 0.5) is 5.00 Å². The van der Waals surface area contributed by atoms with Crippen molar-refractivity contribution >= 4 is 22.1 Å². The van der Waals surface area contributed by atoms with Gasteiger partial charge in [-0.3, -0.25) is 4.40 Å². The fraction of sp³-hybridized carbons (Fsp3) is 0.400. The number of rotatable bonds is 1. The van der Waals surface area contributed by atoms with E-state index >= 15 is 0 Å². The number of thiophene rings is 1. The van der Waals surface area contributed by atoms with Crippen LogP contribution in [0.3, 0.4) is 0 Å². The lowest BCUT2D eigenvalue weighted by Gasteiger charge is -2.12. The highest BCUT2D eigenvalue weighted by molar-refractivity contribution is 7.16. The third-order valence-electron chi connectivity index (χ3n) is 4.11. The molecule has 1 aliphatic rings. The molecule has 3 aromatic heterocycles. The van der Waals surface area contributed by atoms with E-state index in [4.69, 9.17) is 5.73 Å². The summed E-state index contributed by atoms with van der Waals surface area (Å²) in [6.07, 6.45) is 4.71. The second-order valence-corrected chi connectivity index (χ2v) is 6.78. The van der Waals surface area contributed by atoms with Crippen LogP contribution in [0.5, 0.6) is 0 Å². The van der Waals surface area contributed by atoms with Gasteiger partial charge in [0.2, 0.25) is 0 Å². The fourth-order valence-electron chi connectivity index (χ4n) is 3.22. The van der Waals surface area contributed by atoms with Crippen molar-refractivity contribution in [2.24, 2.45) is 0 Å². The molecule has 0 fully saturated rings. The van der Waals surface area contributed by atoms with E-state index in [0.29, 0.717) is 5.78 Å². The van der Waals surface area contributed by atoms with Gasteiger partial charge in [0.1, 0.15) is 0 Å². The highest BCUT2D eigenvalue weighted by Gasteiger charge is 2.24. The number of aryl methyl sites for hydroxylation is 3. The van der Waals surface area contributed by atoms with Gasteiger partial charge in [0.05, 0.1) is 10.6 Å². The molecule has 4 rings (SSSR count). The first-order valence-electron chi connectivity index (χ1n) is 7.25. The Kier molecular flexibility index (Phi) is 2.75. The van der Waals surface area contributed by atoms with Gasteiger partial charge in [-0.05, 0) is 51.2 Å². The van der Waals surface area contributed by atoms with Gasteiger partial charge in [-0.2, -0.15) is 0 Å². The number of nitrogens with two attached hydrogens (primary N) is 1. The molecule has 0 spiro atoms. The average molecular weight is 299 g/mol. The van der Waals surface area contributed by atoms with Gasteiger partial charge < -0.3 is 5.73 Å². The van der Waals surface area contributed by atoms with Gasteiger partial charge in [0.25, 0.3) is 5.78 Å². The summed E-state index contributed by atoms with van der Waals surface area (Å²) in [7, 11) is 0. The van der Waals surface area contributed by atoms with Gasteiger partial charge in [0.15, 0.2) is 5.82 Å². The average Bonchev–Trinajstić information content (AvgIpc) is 2.98. The molecule has 108 valence electrons. The summed E-state index contributed by atoms with van der Waals surface area (Å²) in [4.78, 5) is 5.88. The molecule has 21 heavy (non-hydrogen) atoms. The Morgan fingerprint density at radius 1 is 1.19 bits per heavy atom. The topological polar surface area (TPSA) is 69.1 Å². The molecule has 0 atom stereocenters. The smallest absolute Gasteiger partial charge is 0.255 e. The Morgan fingerprint density at radius 2 is 2.00 bits per heavy atom. The molecule has 0 saturated heterocycles. The molecule has 0 amide bonds. The molecular formula is C15H17N5S. The summed E-state index contributed by atoms with van der Waals surface area (Å²) in [5.41, 5.74) is 10.8. The molecule has 0 bridgehead atoms. The Balaban J connectivity index is 2.01. The molecule has 6 heteroatoms. The number of hydrogen-bond donors (Lipinski definition) is 1. The summed E-state index contributed by atoms with van der Waals surface area (Å²) in [6, 6.07) is 2.05. The van der Waals surface area contributed by atoms with Crippen LogP contribution in [-0.4, -0.2) is 19.6 Å². The van der Waals surface area contributed by atoms with Crippen LogP contribution in [0.1, 0.15) is 34.7 Å². The van der Waals surface area contributed by atoms with Crippen molar-refractivity contribution in [2.45, 2.75) is 39.5 Å². The number of fused-ring (bicyclic) bond motifs is 2. The van der Waals surface area contributed by atoms with E-state index in [9.17, 15) is 0 Å². The van der Waals surface area contributed by atoms with E-state index in [1.807, 2.05) is 11.3 Å². The van der Waals surface area contributed by atoms with Crippen molar-refractivity contribution in [2.75, 3.05) is 5.73 Å². The van der Waals surface area contributed by atoms with Gasteiger partial charge >= 0.3 is 0 Å². The molecule has 3 heterocycles. The van der Waals surface area contributed by atoms with Crippen molar-refractivity contribution in [1.82, 2.24) is 19.6 Å². The molecule has 0 aliphatic heterocycles. The van der Waals surface area contributed by atoms with E-state index in [-0.39, 0.29) is 0 Å². The monoisotopic (exact) mass is 299 g/mol. The number of hydrogen-bond acceptors (Lipinski definition) is 5. The number of nitrogen functional groups attached to an aromatic ring is 1.